The maximum absolute atomic E-state index is 5.97. The second-order valence-electron chi connectivity index (χ2n) is 6.20. The highest BCUT2D eigenvalue weighted by molar-refractivity contribution is 7.71. The lowest BCUT2D eigenvalue weighted by Crippen LogP contribution is -2.30. The Bertz CT molecular complexity index is 696. The van der Waals surface area contributed by atoms with Crippen LogP contribution in [0.1, 0.15) is 32.1 Å². The van der Waals surface area contributed by atoms with Gasteiger partial charge in [-0.05, 0) is 62.4 Å². The maximum Gasteiger partial charge on any atom is 0.199 e. The van der Waals surface area contributed by atoms with Crippen LogP contribution in [-0.2, 0) is 13.7 Å². The van der Waals surface area contributed by atoms with E-state index in [1.54, 1.807) is 0 Å². The molecule has 6 heteroatoms. The smallest absolute Gasteiger partial charge is 0.199 e. The van der Waals surface area contributed by atoms with E-state index in [1.165, 1.54) is 32.1 Å². The molecule has 0 bridgehead atoms. The van der Waals surface area contributed by atoms with Crippen LogP contribution in [0.2, 0.25) is 5.02 Å². The minimum absolute atomic E-state index is 0.732. The van der Waals surface area contributed by atoms with E-state index < -0.39 is 0 Å². The van der Waals surface area contributed by atoms with Crippen molar-refractivity contribution in [3.05, 3.63) is 34.1 Å². The molecule has 0 unspecified atom stereocenters. The molecule has 124 valence electrons. The Kier molecular flexibility index (Phi) is 5.51. The van der Waals surface area contributed by atoms with E-state index >= 15 is 0 Å². The van der Waals surface area contributed by atoms with Crippen LogP contribution in [-0.4, -0.2) is 32.3 Å². The lowest BCUT2D eigenvalue weighted by atomic mass is 10.1. The van der Waals surface area contributed by atoms with Crippen LogP contribution in [0.25, 0.3) is 11.4 Å². The van der Waals surface area contributed by atoms with Gasteiger partial charge in [0.05, 0.1) is 6.67 Å². The van der Waals surface area contributed by atoms with E-state index in [4.69, 9.17) is 28.9 Å². The standard InChI is InChI=1S/C17H23ClN4S/c1-20-16(14-7-9-15(18)10-8-14)19-22(17(20)23)13-21-11-5-3-2-4-6-12-21/h7-10H,2-6,11-13H2,1H3. The fourth-order valence-electron chi connectivity index (χ4n) is 3.07. The van der Waals surface area contributed by atoms with Crippen molar-refractivity contribution in [3.63, 3.8) is 0 Å². The van der Waals surface area contributed by atoms with Crippen molar-refractivity contribution in [2.24, 2.45) is 7.05 Å². The fourth-order valence-corrected chi connectivity index (χ4v) is 3.39. The molecule has 0 spiro atoms. The number of likely N-dealkylation sites (tertiary alicyclic amines) is 1. The number of aromatic nitrogens is 3. The number of hydrogen-bond acceptors (Lipinski definition) is 3. The van der Waals surface area contributed by atoms with Crippen LogP contribution in [0.5, 0.6) is 0 Å². The van der Waals surface area contributed by atoms with Crippen LogP contribution in [0, 0.1) is 4.77 Å². The predicted molar refractivity (Wildman–Crippen MR) is 97.1 cm³/mol. The molecular weight excluding hydrogens is 328 g/mol. The van der Waals surface area contributed by atoms with Crippen molar-refractivity contribution in [1.82, 2.24) is 19.2 Å². The number of rotatable bonds is 3. The van der Waals surface area contributed by atoms with E-state index in [9.17, 15) is 0 Å². The Balaban J connectivity index is 1.81. The molecule has 4 nitrogen and oxygen atoms in total. The zero-order chi connectivity index (χ0) is 16.2. The molecule has 1 fully saturated rings. The van der Waals surface area contributed by atoms with Gasteiger partial charge >= 0.3 is 0 Å². The third kappa shape index (κ3) is 4.03. The summed E-state index contributed by atoms with van der Waals surface area (Å²) in [6.07, 6.45) is 6.58. The Morgan fingerprint density at radius 1 is 1.04 bits per heavy atom. The van der Waals surface area contributed by atoms with Gasteiger partial charge in [-0.2, -0.15) is 5.10 Å². The molecule has 0 radical (unpaired) electrons. The van der Waals surface area contributed by atoms with Crippen molar-refractivity contribution in [3.8, 4) is 11.4 Å². The molecule has 3 rings (SSSR count). The summed E-state index contributed by atoms with van der Waals surface area (Å²) in [5.74, 6) is 0.888. The van der Waals surface area contributed by atoms with E-state index in [2.05, 4.69) is 4.90 Å². The van der Waals surface area contributed by atoms with Gasteiger partial charge in [0.25, 0.3) is 0 Å². The minimum Gasteiger partial charge on any atom is -0.303 e. The molecule has 1 aliphatic rings. The van der Waals surface area contributed by atoms with Gasteiger partial charge in [-0.15, -0.1) is 0 Å². The van der Waals surface area contributed by atoms with Crippen molar-refractivity contribution in [2.45, 2.75) is 38.8 Å². The lowest BCUT2D eigenvalue weighted by Gasteiger charge is -2.23. The molecule has 1 saturated heterocycles. The first-order chi connectivity index (χ1) is 11.1. The molecule has 2 aromatic rings. The number of halogens is 1. The highest BCUT2D eigenvalue weighted by Crippen LogP contribution is 2.20. The summed E-state index contributed by atoms with van der Waals surface area (Å²) in [5, 5.41) is 5.48. The van der Waals surface area contributed by atoms with E-state index in [0.29, 0.717) is 0 Å². The summed E-state index contributed by atoms with van der Waals surface area (Å²) in [6, 6.07) is 7.74. The van der Waals surface area contributed by atoms with Crippen LogP contribution < -0.4 is 0 Å². The average molecular weight is 351 g/mol. The minimum atomic E-state index is 0.732. The topological polar surface area (TPSA) is 26.0 Å². The van der Waals surface area contributed by atoms with Crippen LogP contribution >= 0.6 is 23.8 Å². The molecule has 2 heterocycles. The molecule has 0 amide bonds. The number of benzene rings is 1. The van der Waals surface area contributed by atoms with Gasteiger partial charge in [0.1, 0.15) is 0 Å². The largest absolute Gasteiger partial charge is 0.303 e. The molecule has 1 aromatic carbocycles. The monoisotopic (exact) mass is 350 g/mol. The fraction of sp³-hybridized carbons (Fsp3) is 0.529. The Morgan fingerprint density at radius 3 is 2.30 bits per heavy atom. The van der Waals surface area contributed by atoms with Crippen molar-refractivity contribution in [2.75, 3.05) is 13.1 Å². The normalized spacial score (nSPS) is 17.0. The highest BCUT2D eigenvalue weighted by Gasteiger charge is 2.14. The van der Waals surface area contributed by atoms with Gasteiger partial charge in [-0.1, -0.05) is 30.9 Å². The summed E-state index contributed by atoms with van der Waals surface area (Å²) in [5.41, 5.74) is 1.04. The van der Waals surface area contributed by atoms with Crippen LogP contribution in [0.15, 0.2) is 24.3 Å². The van der Waals surface area contributed by atoms with E-state index in [0.717, 1.165) is 40.9 Å². The Labute approximate surface area is 147 Å². The van der Waals surface area contributed by atoms with Crippen molar-refractivity contribution < 1.29 is 0 Å². The maximum atomic E-state index is 5.97. The lowest BCUT2D eigenvalue weighted by molar-refractivity contribution is 0.188. The average Bonchev–Trinajstić information content (AvgIpc) is 2.79. The van der Waals surface area contributed by atoms with Crippen LogP contribution in [0.3, 0.4) is 0 Å². The SMILES string of the molecule is Cn1c(-c2ccc(Cl)cc2)nn(CN2CCCCCCC2)c1=S. The second-order valence-corrected chi connectivity index (χ2v) is 7.00. The molecule has 0 N–H and O–H groups in total. The van der Waals surface area contributed by atoms with E-state index in [-0.39, 0.29) is 0 Å². The Hall–Kier alpha value is -1.17. The molecule has 1 aliphatic heterocycles. The van der Waals surface area contributed by atoms with Gasteiger partial charge in [0.2, 0.25) is 0 Å². The second kappa shape index (κ2) is 7.60. The third-order valence-electron chi connectivity index (χ3n) is 4.43. The summed E-state index contributed by atoms with van der Waals surface area (Å²) in [7, 11) is 1.98. The first kappa shape index (κ1) is 16.7. The third-order valence-corrected chi connectivity index (χ3v) is 5.16. The summed E-state index contributed by atoms with van der Waals surface area (Å²) in [4.78, 5) is 2.47. The summed E-state index contributed by atoms with van der Waals surface area (Å²) in [6.45, 7) is 3.05. The highest BCUT2D eigenvalue weighted by atomic mass is 35.5. The van der Waals surface area contributed by atoms with Gasteiger partial charge < -0.3 is 4.57 Å². The molecular formula is C17H23ClN4S. The molecule has 0 saturated carbocycles. The molecule has 1 aromatic heterocycles. The first-order valence-electron chi connectivity index (χ1n) is 8.27. The molecule has 0 aliphatic carbocycles. The summed E-state index contributed by atoms with van der Waals surface area (Å²) < 4.78 is 4.68. The van der Waals surface area contributed by atoms with Crippen LogP contribution in [0.4, 0.5) is 0 Å². The van der Waals surface area contributed by atoms with Gasteiger partial charge in [-0.25, -0.2) is 4.68 Å². The first-order valence-corrected chi connectivity index (χ1v) is 9.06. The summed E-state index contributed by atoms with van der Waals surface area (Å²) >= 11 is 11.6. The zero-order valence-corrected chi connectivity index (χ0v) is 15.1. The van der Waals surface area contributed by atoms with Crippen molar-refractivity contribution >= 4 is 23.8 Å². The van der Waals surface area contributed by atoms with Gasteiger partial charge in [-0.3, -0.25) is 4.90 Å². The number of hydrogen-bond donors (Lipinski definition) is 0. The quantitative estimate of drug-likeness (QED) is 0.762. The Morgan fingerprint density at radius 2 is 1.65 bits per heavy atom. The van der Waals surface area contributed by atoms with Crippen molar-refractivity contribution in [1.29, 1.82) is 0 Å². The predicted octanol–water partition coefficient (Wildman–Crippen LogP) is 4.50. The number of nitrogens with zero attached hydrogens (tertiary/aromatic N) is 4. The van der Waals surface area contributed by atoms with Gasteiger partial charge in [0.15, 0.2) is 10.6 Å². The molecule has 23 heavy (non-hydrogen) atoms. The van der Waals surface area contributed by atoms with E-state index in [1.807, 2.05) is 40.6 Å². The zero-order valence-electron chi connectivity index (χ0n) is 13.5. The molecule has 0 atom stereocenters. The van der Waals surface area contributed by atoms with Gasteiger partial charge in [0, 0.05) is 17.6 Å².